The highest BCUT2D eigenvalue weighted by molar-refractivity contribution is 9.10. The minimum absolute atomic E-state index is 0.0698. The van der Waals surface area contributed by atoms with Crippen LogP contribution in [0, 0.1) is 0 Å². The van der Waals surface area contributed by atoms with Crippen LogP contribution in [0.5, 0.6) is 0 Å². The third kappa shape index (κ3) is 3.93. The number of aliphatic hydroxyl groups is 1. The third-order valence-electron chi connectivity index (χ3n) is 3.10. The first kappa shape index (κ1) is 15.7. The number of carbonyl (C=O) groups excluding carboxylic acids is 1. The molecule has 0 radical (unpaired) electrons. The van der Waals surface area contributed by atoms with Gasteiger partial charge in [0.15, 0.2) is 0 Å². The molecule has 0 saturated carbocycles. The number of morpholine rings is 1. The van der Waals surface area contributed by atoms with Crippen LogP contribution in [0.1, 0.15) is 10.4 Å². The summed E-state index contributed by atoms with van der Waals surface area (Å²) in [4.78, 5) is 24.7. The van der Waals surface area contributed by atoms with Gasteiger partial charge in [-0.1, -0.05) is 15.9 Å². The van der Waals surface area contributed by atoms with Crippen LogP contribution >= 0.6 is 15.9 Å². The lowest BCUT2D eigenvalue weighted by atomic mass is 10.2. The molecule has 0 aromatic heterocycles. The first-order valence-corrected chi connectivity index (χ1v) is 7.10. The van der Waals surface area contributed by atoms with Crippen LogP contribution in [0.15, 0.2) is 22.7 Å². The number of anilines is 1. The highest BCUT2D eigenvalue weighted by Crippen LogP contribution is 2.20. The summed E-state index contributed by atoms with van der Waals surface area (Å²) in [7, 11) is 0. The predicted octanol–water partition coefficient (Wildman–Crippen LogP) is 1.37. The zero-order valence-corrected chi connectivity index (χ0v) is 12.7. The van der Waals surface area contributed by atoms with Crippen molar-refractivity contribution in [3.63, 3.8) is 0 Å². The van der Waals surface area contributed by atoms with Gasteiger partial charge in [-0.15, -0.1) is 0 Å². The molecule has 1 aliphatic heterocycles. The average Bonchev–Trinajstić information content (AvgIpc) is 2.46. The van der Waals surface area contributed by atoms with Crippen LogP contribution < -0.4 is 5.32 Å². The Bertz CT molecular complexity index is 551. The molecular formula is C13H15BrN2O5. The summed E-state index contributed by atoms with van der Waals surface area (Å²) >= 11 is 3.20. The van der Waals surface area contributed by atoms with Crippen LogP contribution in [-0.4, -0.2) is 59.5 Å². The molecule has 0 spiro atoms. The number of nitrogens with zero attached hydrogens (tertiary/aromatic N) is 1. The van der Waals surface area contributed by atoms with Gasteiger partial charge in [-0.2, -0.15) is 0 Å². The number of urea groups is 1. The Balaban J connectivity index is 2.13. The molecule has 2 rings (SSSR count). The van der Waals surface area contributed by atoms with Crippen molar-refractivity contribution in [3.8, 4) is 0 Å². The van der Waals surface area contributed by atoms with E-state index >= 15 is 0 Å². The predicted molar refractivity (Wildman–Crippen MR) is 78.5 cm³/mol. The maximum Gasteiger partial charge on any atom is 0.335 e. The first-order valence-electron chi connectivity index (χ1n) is 6.31. The maximum absolute atomic E-state index is 12.2. The van der Waals surface area contributed by atoms with E-state index in [4.69, 9.17) is 9.84 Å². The molecule has 1 aromatic rings. The lowest BCUT2D eigenvalue weighted by Gasteiger charge is -2.34. The fourth-order valence-electron chi connectivity index (χ4n) is 2.05. The molecule has 8 heteroatoms. The summed E-state index contributed by atoms with van der Waals surface area (Å²) in [5, 5.41) is 20.9. The van der Waals surface area contributed by atoms with Gasteiger partial charge in [0, 0.05) is 16.7 Å². The van der Waals surface area contributed by atoms with Crippen molar-refractivity contribution in [2.75, 3.05) is 31.7 Å². The number of carbonyl (C=O) groups is 2. The monoisotopic (exact) mass is 358 g/mol. The van der Waals surface area contributed by atoms with E-state index in [1.807, 2.05) is 0 Å². The zero-order chi connectivity index (χ0) is 15.4. The molecule has 1 aromatic carbocycles. The van der Waals surface area contributed by atoms with E-state index in [1.165, 1.54) is 17.0 Å². The smallest absolute Gasteiger partial charge is 0.335 e. The van der Waals surface area contributed by atoms with Gasteiger partial charge in [-0.05, 0) is 18.2 Å². The molecule has 3 N–H and O–H groups in total. The molecule has 1 fully saturated rings. The van der Waals surface area contributed by atoms with Gasteiger partial charge in [0.25, 0.3) is 0 Å². The van der Waals surface area contributed by atoms with Crippen LogP contribution in [0.25, 0.3) is 0 Å². The van der Waals surface area contributed by atoms with E-state index in [0.717, 1.165) is 0 Å². The van der Waals surface area contributed by atoms with Crippen molar-refractivity contribution in [2.45, 2.75) is 6.04 Å². The van der Waals surface area contributed by atoms with E-state index in [-0.39, 0.29) is 18.8 Å². The number of carboxylic acid groups (broad SMARTS) is 1. The molecule has 0 bridgehead atoms. The molecule has 7 nitrogen and oxygen atoms in total. The standard InChI is InChI=1S/C13H15BrN2O5/c14-9-3-8(12(18)19)4-10(5-9)15-13(20)16-1-2-21-7-11(16)6-17/h3-5,11,17H,1-2,6-7H2,(H,15,20)(H,18,19). The third-order valence-corrected chi connectivity index (χ3v) is 3.55. The van der Waals surface area contributed by atoms with Gasteiger partial charge in [0.1, 0.15) is 0 Å². The quantitative estimate of drug-likeness (QED) is 0.757. The number of benzene rings is 1. The average molecular weight is 359 g/mol. The van der Waals surface area contributed by atoms with Gasteiger partial charge < -0.3 is 25.2 Å². The van der Waals surface area contributed by atoms with E-state index in [9.17, 15) is 14.7 Å². The van der Waals surface area contributed by atoms with Crippen molar-refractivity contribution < 1.29 is 24.5 Å². The molecule has 114 valence electrons. The number of carboxylic acids is 1. The Morgan fingerprint density at radius 2 is 2.19 bits per heavy atom. The highest BCUT2D eigenvalue weighted by Gasteiger charge is 2.26. The Labute approximate surface area is 129 Å². The molecule has 1 saturated heterocycles. The van der Waals surface area contributed by atoms with Crippen LogP contribution in [-0.2, 0) is 4.74 Å². The number of aromatic carboxylic acids is 1. The minimum Gasteiger partial charge on any atom is -0.478 e. The molecule has 1 unspecified atom stereocenters. The van der Waals surface area contributed by atoms with Gasteiger partial charge in [-0.3, -0.25) is 0 Å². The zero-order valence-electron chi connectivity index (χ0n) is 11.1. The lowest BCUT2D eigenvalue weighted by molar-refractivity contribution is -0.00485. The topological polar surface area (TPSA) is 99.1 Å². The summed E-state index contributed by atoms with van der Waals surface area (Å²) in [6.45, 7) is 0.870. The fraction of sp³-hybridized carbons (Fsp3) is 0.385. The van der Waals surface area contributed by atoms with Crippen LogP contribution in [0.3, 0.4) is 0 Å². The summed E-state index contributed by atoms with van der Waals surface area (Å²) in [6.07, 6.45) is 0. The maximum atomic E-state index is 12.2. The van der Waals surface area contributed by atoms with E-state index < -0.39 is 18.0 Å². The second kappa shape index (κ2) is 6.88. The summed E-state index contributed by atoms with van der Waals surface area (Å²) in [6, 6.07) is 3.64. The Morgan fingerprint density at radius 1 is 1.43 bits per heavy atom. The molecule has 0 aliphatic carbocycles. The molecule has 2 amide bonds. The van der Waals surface area contributed by atoms with Gasteiger partial charge >= 0.3 is 12.0 Å². The Morgan fingerprint density at radius 3 is 2.86 bits per heavy atom. The van der Waals surface area contributed by atoms with Gasteiger partial charge in [-0.25, -0.2) is 9.59 Å². The van der Waals surface area contributed by atoms with Crippen molar-refractivity contribution in [1.29, 1.82) is 0 Å². The van der Waals surface area contributed by atoms with Crippen molar-refractivity contribution in [1.82, 2.24) is 4.90 Å². The number of rotatable bonds is 3. The molecule has 1 aliphatic rings. The van der Waals surface area contributed by atoms with Crippen molar-refractivity contribution in [2.24, 2.45) is 0 Å². The van der Waals surface area contributed by atoms with E-state index in [2.05, 4.69) is 21.2 Å². The second-order valence-electron chi connectivity index (χ2n) is 4.57. The summed E-state index contributed by atoms with van der Waals surface area (Å²) in [5.41, 5.74) is 0.440. The van der Waals surface area contributed by atoms with E-state index in [0.29, 0.717) is 23.3 Å². The first-order chi connectivity index (χ1) is 10.0. The molecule has 1 atom stereocenters. The number of halogens is 1. The minimum atomic E-state index is -1.08. The SMILES string of the molecule is O=C(O)c1cc(Br)cc(NC(=O)N2CCOCC2CO)c1. The molecular weight excluding hydrogens is 344 g/mol. The van der Waals surface area contributed by atoms with Crippen LogP contribution in [0.2, 0.25) is 0 Å². The van der Waals surface area contributed by atoms with E-state index in [1.54, 1.807) is 6.07 Å². The summed E-state index contributed by atoms with van der Waals surface area (Å²) in [5.74, 6) is -1.08. The number of nitrogens with one attached hydrogen (secondary N) is 1. The second-order valence-corrected chi connectivity index (χ2v) is 5.48. The van der Waals surface area contributed by atoms with Crippen molar-refractivity contribution >= 4 is 33.6 Å². The van der Waals surface area contributed by atoms with Crippen LogP contribution in [0.4, 0.5) is 10.5 Å². The molecule has 21 heavy (non-hydrogen) atoms. The Kier molecular flexibility index (Phi) is 5.16. The number of hydrogen-bond acceptors (Lipinski definition) is 4. The lowest BCUT2D eigenvalue weighted by Crippen LogP contribution is -2.52. The number of hydrogen-bond donors (Lipinski definition) is 3. The normalized spacial score (nSPS) is 18.4. The fourth-order valence-corrected chi connectivity index (χ4v) is 2.55. The largest absolute Gasteiger partial charge is 0.478 e. The van der Waals surface area contributed by atoms with Gasteiger partial charge in [0.05, 0.1) is 31.4 Å². The summed E-state index contributed by atoms with van der Waals surface area (Å²) < 4.78 is 5.76. The number of amides is 2. The Hall–Kier alpha value is -1.64. The van der Waals surface area contributed by atoms with Gasteiger partial charge in [0.2, 0.25) is 0 Å². The number of aliphatic hydroxyl groups excluding tert-OH is 1. The molecule has 1 heterocycles. The highest BCUT2D eigenvalue weighted by atomic mass is 79.9. The number of ether oxygens (including phenoxy) is 1. The van der Waals surface area contributed by atoms with Crippen molar-refractivity contribution in [3.05, 3.63) is 28.2 Å².